The molecule has 6 nitrogen and oxygen atoms in total. The molecule has 0 fully saturated rings. The van der Waals surface area contributed by atoms with Crippen molar-refractivity contribution in [2.75, 3.05) is 0 Å². The molecule has 0 bridgehead atoms. The summed E-state index contributed by atoms with van der Waals surface area (Å²) in [5.74, 6) is -1.56. The molecule has 0 unspecified atom stereocenters. The Balaban J connectivity index is 2.94. The van der Waals surface area contributed by atoms with E-state index in [2.05, 4.69) is 9.68 Å². The van der Waals surface area contributed by atoms with E-state index < -0.39 is 20.6 Å². The van der Waals surface area contributed by atoms with E-state index in [0.29, 0.717) is 0 Å². The summed E-state index contributed by atoms with van der Waals surface area (Å²) in [5, 5.41) is 11.8. The van der Waals surface area contributed by atoms with Crippen LogP contribution in [0.5, 0.6) is 0 Å². The van der Waals surface area contributed by atoms with Crippen LogP contribution < -0.4 is 0 Å². The van der Waals surface area contributed by atoms with Gasteiger partial charge in [-0.3, -0.25) is 0 Å². The van der Waals surface area contributed by atoms with Crippen LogP contribution in [0.4, 0.5) is 0 Å². The number of nitrogens with zero attached hydrogens (tertiary/aromatic N) is 1. The lowest BCUT2D eigenvalue weighted by molar-refractivity contribution is 0.0685. The van der Waals surface area contributed by atoms with Gasteiger partial charge in [-0.15, -0.1) is 0 Å². The minimum absolute atomic E-state index is 0.0346. The molecule has 7 heteroatoms. The van der Waals surface area contributed by atoms with Gasteiger partial charge in [-0.25, -0.2) is 13.2 Å². The van der Waals surface area contributed by atoms with Gasteiger partial charge in [-0.2, -0.15) is 0 Å². The average molecular weight is 247 g/mol. The molecular formula is C9H13NO5S. The summed E-state index contributed by atoms with van der Waals surface area (Å²) in [6.07, 6.45) is 0. The van der Waals surface area contributed by atoms with Gasteiger partial charge in [0.2, 0.25) is 0 Å². The van der Waals surface area contributed by atoms with Crippen LogP contribution in [0.3, 0.4) is 0 Å². The van der Waals surface area contributed by atoms with Crippen LogP contribution in [-0.4, -0.2) is 29.4 Å². The van der Waals surface area contributed by atoms with Gasteiger partial charge in [0, 0.05) is 6.07 Å². The molecule has 0 atom stereocenters. The smallest absolute Gasteiger partial charge is 0.358 e. The molecule has 1 rings (SSSR count). The number of hydrogen-bond donors (Lipinski definition) is 1. The fraction of sp³-hybridized carbons (Fsp3) is 0.556. The second kappa shape index (κ2) is 3.89. The van der Waals surface area contributed by atoms with Gasteiger partial charge >= 0.3 is 5.97 Å². The highest BCUT2D eigenvalue weighted by atomic mass is 32.2. The summed E-state index contributed by atoms with van der Waals surface area (Å²) in [4.78, 5) is 10.5. The molecule has 0 aliphatic heterocycles. The van der Waals surface area contributed by atoms with E-state index >= 15 is 0 Å². The van der Waals surface area contributed by atoms with Gasteiger partial charge < -0.3 is 9.63 Å². The summed E-state index contributed by atoms with van der Waals surface area (Å²) >= 11 is 0. The Bertz CT molecular complexity index is 494. The standard InChI is InChI=1S/C9H13NO5S/c1-9(2,3)16(13,14)5-6-4-7(8(11)12)10-15-6/h4H,5H2,1-3H3,(H,11,12). The van der Waals surface area contributed by atoms with Crippen LogP contribution in [-0.2, 0) is 15.6 Å². The Kier molecular flexibility index (Phi) is 3.09. The first-order valence-corrected chi connectivity index (χ1v) is 6.20. The molecule has 0 saturated heterocycles. The molecule has 90 valence electrons. The van der Waals surface area contributed by atoms with Crippen LogP contribution >= 0.6 is 0 Å². The molecule has 0 saturated carbocycles. The minimum atomic E-state index is -3.39. The highest BCUT2D eigenvalue weighted by Gasteiger charge is 2.30. The maximum Gasteiger partial charge on any atom is 0.358 e. The molecule has 1 aromatic rings. The van der Waals surface area contributed by atoms with Crippen molar-refractivity contribution in [2.24, 2.45) is 0 Å². The van der Waals surface area contributed by atoms with Crippen molar-refractivity contribution in [1.82, 2.24) is 5.16 Å². The van der Waals surface area contributed by atoms with E-state index in [1.807, 2.05) is 0 Å². The molecule has 0 aliphatic carbocycles. The normalized spacial score (nSPS) is 12.7. The van der Waals surface area contributed by atoms with Crippen molar-refractivity contribution in [1.29, 1.82) is 0 Å². The van der Waals surface area contributed by atoms with Crippen molar-refractivity contribution in [2.45, 2.75) is 31.3 Å². The maximum atomic E-state index is 11.8. The number of rotatable bonds is 3. The van der Waals surface area contributed by atoms with Crippen LogP contribution in [0.1, 0.15) is 37.0 Å². The second-order valence-electron chi connectivity index (χ2n) is 4.36. The van der Waals surface area contributed by atoms with Crippen molar-refractivity contribution in [3.63, 3.8) is 0 Å². The zero-order chi connectivity index (χ0) is 12.6. The number of aromatic nitrogens is 1. The molecule has 1 heterocycles. The number of carboxylic acid groups (broad SMARTS) is 1. The third kappa shape index (κ3) is 2.60. The van der Waals surface area contributed by atoms with Crippen LogP contribution in [0.15, 0.2) is 10.6 Å². The average Bonchev–Trinajstić information content (AvgIpc) is 2.49. The summed E-state index contributed by atoms with van der Waals surface area (Å²) in [5.41, 5.74) is -0.292. The summed E-state index contributed by atoms with van der Waals surface area (Å²) in [6.45, 7) is 4.70. The van der Waals surface area contributed by atoms with Gasteiger partial charge in [-0.1, -0.05) is 5.16 Å². The molecular weight excluding hydrogens is 234 g/mol. The second-order valence-corrected chi connectivity index (χ2v) is 7.10. The number of sulfone groups is 1. The summed E-state index contributed by atoms with van der Waals surface area (Å²) in [6, 6.07) is 1.12. The van der Waals surface area contributed by atoms with E-state index in [-0.39, 0.29) is 17.2 Å². The van der Waals surface area contributed by atoms with Crippen molar-refractivity contribution in [3.05, 3.63) is 17.5 Å². The minimum Gasteiger partial charge on any atom is -0.476 e. The third-order valence-corrected chi connectivity index (χ3v) is 4.57. The number of aromatic carboxylic acids is 1. The van der Waals surface area contributed by atoms with E-state index in [9.17, 15) is 13.2 Å². The largest absolute Gasteiger partial charge is 0.476 e. The van der Waals surface area contributed by atoms with Crippen molar-refractivity contribution in [3.8, 4) is 0 Å². The Morgan fingerprint density at radius 2 is 2.06 bits per heavy atom. The summed E-state index contributed by atoms with van der Waals surface area (Å²) in [7, 11) is -3.39. The Morgan fingerprint density at radius 1 is 1.50 bits per heavy atom. The fourth-order valence-electron chi connectivity index (χ4n) is 0.886. The van der Waals surface area contributed by atoms with E-state index in [4.69, 9.17) is 5.11 Å². The van der Waals surface area contributed by atoms with E-state index in [0.717, 1.165) is 6.07 Å². The van der Waals surface area contributed by atoms with Crippen LogP contribution in [0, 0.1) is 0 Å². The predicted octanol–water partition coefficient (Wildman–Crippen LogP) is 1.09. The Morgan fingerprint density at radius 3 is 2.44 bits per heavy atom. The molecule has 1 N–H and O–H groups in total. The van der Waals surface area contributed by atoms with Gasteiger partial charge in [-0.05, 0) is 20.8 Å². The lowest BCUT2D eigenvalue weighted by Crippen LogP contribution is -2.29. The molecule has 0 aliphatic rings. The van der Waals surface area contributed by atoms with Crippen molar-refractivity contribution >= 4 is 15.8 Å². The van der Waals surface area contributed by atoms with Gasteiger partial charge in [0.25, 0.3) is 0 Å². The molecule has 0 radical (unpaired) electrons. The molecule has 16 heavy (non-hydrogen) atoms. The third-order valence-electron chi connectivity index (χ3n) is 2.04. The van der Waals surface area contributed by atoms with E-state index in [1.165, 1.54) is 0 Å². The lowest BCUT2D eigenvalue weighted by atomic mass is 10.3. The fourth-order valence-corrected chi connectivity index (χ4v) is 1.83. The highest BCUT2D eigenvalue weighted by molar-refractivity contribution is 7.91. The quantitative estimate of drug-likeness (QED) is 0.858. The summed E-state index contributed by atoms with van der Waals surface area (Å²) < 4.78 is 27.3. The first-order chi connectivity index (χ1) is 7.13. The molecule has 0 aromatic carbocycles. The number of hydrogen-bond acceptors (Lipinski definition) is 5. The van der Waals surface area contributed by atoms with Gasteiger partial charge in [0.1, 0.15) is 5.75 Å². The zero-order valence-electron chi connectivity index (χ0n) is 9.22. The zero-order valence-corrected chi connectivity index (χ0v) is 10.0. The maximum absolute atomic E-state index is 11.8. The SMILES string of the molecule is CC(C)(C)S(=O)(=O)Cc1cc(C(=O)O)no1. The van der Waals surface area contributed by atoms with Crippen LogP contribution in [0.2, 0.25) is 0 Å². The lowest BCUT2D eigenvalue weighted by Gasteiger charge is -2.17. The topological polar surface area (TPSA) is 97.5 Å². The van der Waals surface area contributed by atoms with E-state index in [1.54, 1.807) is 20.8 Å². The van der Waals surface area contributed by atoms with Crippen LogP contribution in [0.25, 0.3) is 0 Å². The first-order valence-electron chi connectivity index (χ1n) is 4.55. The molecule has 0 spiro atoms. The van der Waals surface area contributed by atoms with Gasteiger partial charge in [0.05, 0.1) is 4.75 Å². The molecule has 1 aromatic heterocycles. The Hall–Kier alpha value is -1.37. The monoisotopic (exact) mass is 247 g/mol. The Labute approximate surface area is 93.2 Å². The van der Waals surface area contributed by atoms with Gasteiger partial charge in [0.15, 0.2) is 21.3 Å². The number of carboxylic acids is 1. The predicted molar refractivity (Wildman–Crippen MR) is 55.8 cm³/mol. The van der Waals surface area contributed by atoms with Crippen molar-refractivity contribution < 1.29 is 22.8 Å². The first kappa shape index (κ1) is 12.7. The highest BCUT2D eigenvalue weighted by Crippen LogP contribution is 2.20. The molecule has 0 amide bonds. The number of carbonyl (C=O) groups is 1.